The Bertz CT molecular complexity index is 355. The zero-order valence-corrected chi connectivity index (χ0v) is 10.1. The fraction of sp³-hybridized carbons (Fsp3) is 0.462. The summed E-state index contributed by atoms with van der Waals surface area (Å²) in [5.41, 5.74) is 1.18. The molecule has 0 aliphatic heterocycles. The van der Waals surface area contributed by atoms with E-state index in [1.54, 1.807) is 13.8 Å². The molecule has 88 valence electrons. The molecule has 2 N–H and O–H groups in total. The second-order valence-electron chi connectivity index (χ2n) is 4.50. The van der Waals surface area contributed by atoms with Crippen LogP contribution in [0.1, 0.15) is 32.8 Å². The summed E-state index contributed by atoms with van der Waals surface area (Å²) in [6, 6.07) is 7.92. The lowest BCUT2D eigenvalue weighted by atomic mass is 10.0. The molecular weight excluding hydrogens is 202 g/mol. The van der Waals surface area contributed by atoms with E-state index in [2.05, 4.69) is 12.2 Å². The molecule has 1 aromatic carbocycles. The van der Waals surface area contributed by atoms with Gasteiger partial charge in [-0.05, 0) is 38.0 Å². The minimum atomic E-state index is -0.938. The average molecular weight is 221 g/mol. The van der Waals surface area contributed by atoms with Gasteiger partial charge in [0.2, 0.25) is 0 Å². The molecule has 3 heteroatoms. The van der Waals surface area contributed by atoms with Crippen LogP contribution in [-0.2, 0) is 11.2 Å². The van der Waals surface area contributed by atoms with Gasteiger partial charge in [-0.15, -0.1) is 0 Å². The van der Waals surface area contributed by atoms with Crippen LogP contribution in [-0.4, -0.2) is 16.6 Å². The van der Waals surface area contributed by atoms with Crippen molar-refractivity contribution >= 4 is 11.7 Å². The molecular formula is C13H19NO2. The second-order valence-corrected chi connectivity index (χ2v) is 4.50. The van der Waals surface area contributed by atoms with Gasteiger partial charge >= 0.3 is 5.97 Å². The van der Waals surface area contributed by atoms with Crippen LogP contribution in [0.5, 0.6) is 0 Å². The van der Waals surface area contributed by atoms with E-state index in [1.807, 2.05) is 24.3 Å². The number of carbonyl (C=O) groups is 1. The van der Waals surface area contributed by atoms with E-state index in [9.17, 15) is 4.79 Å². The molecule has 0 bridgehead atoms. The summed E-state index contributed by atoms with van der Waals surface area (Å²) in [7, 11) is 0. The summed E-state index contributed by atoms with van der Waals surface area (Å²) in [6.45, 7) is 5.43. The molecule has 0 spiro atoms. The van der Waals surface area contributed by atoms with Crippen molar-refractivity contribution in [3.63, 3.8) is 0 Å². The molecule has 1 aromatic rings. The number of carboxylic acid groups (broad SMARTS) is 1. The van der Waals surface area contributed by atoms with Gasteiger partial charge in [-0.2, -0.15) is 0 Å². The van der Waals surface area contributed by atoms with Crippen molar-refractivity contribution < 1.29 is 9.90 Å². The van der Waals surface area contributed by atoms with Crippen molar-refractivity contribution in [2.24, 2.45) is 0 Å². The normalized spacial score (nSPS) is 11.2. The van der Waals surface area contributed by atoms with E-state index in [0.717, 1.165) is 18.5 Å². The molecule has 0 fully saturated rings. The van der Waals surface area contributed by atoms with Crippen LogP contribution in [0.4, 0.5) is 5.69 Å². The summed E-state index contributed by atoms with van der Waals surface area (Å²) >= 11 is 0. The largest absolute Gasteiger partial charge is 0.480 e. The van der Waals surface area contributed by atoms with Crippen LogP contribution >= 0.6 is 0 Å². The van der Waals surface area contributed by atoms with E-state index in [1.165, 1.54) is 5.56 Å². The van der Waals surface area contributed by atoms with Crippen LogP contribution in [0.2, 0.25) is 0 Å². The lowest BCUT2D eigenvalue weighted by Gasteiger charge is -2.22. The highest BCUT2D eigenvalue weighted by Gasteiger charge is 2.26. The Hall–Kier alpha value is -1.51. The topological polar surface area (TPSA) is 49.3 Å². The predicted octanol–water partition coefficient (Wildman–Crippen LogP) is 2.91. The summed E-state index contributed by atoms with van der Waals surface area (Å²) in [5.74, 6) is -0.856. The van der Waals surface area contributed by atoms with Crippen molar-refractivity contribution in [2.75, 3.05) is 5.32 Å². The maximum absolute atomic E-state index is 10.9. The Kier molecular flexibility index (Phi) is 3.93. The number of aryl methyl sites for hydroxylation is 1. The standard InChI is InChI=1S/C13H19NO2/c1-4-5-10-6-8-11(9-7-10)14-13(2,3)12(15)16/h6-9,14H,4-5H2,1-3H3,(H,15,16). The van der Waals surface area contributed by atoms with Gasteiger partial charge in [0.1, 0.15) is 5.54 Å². The number of aliphatic carboxylic acids is 1. The minimum Gasteiger partial charge on any atom is -0.480 e. The van der Waals surface area contributed by atoms with Gasteiger partial charge in [0.15, 0.2) is 0 Å². The zero-order chi connectivity index (χ0) is 12.2. The lowest BCUT2D eigenvalue weighted by Crippen LogP contribution is -2.39. The van der Waals surface area contributed by atoms with E-state index < -0.39 is 11.5 Å². The number of hydrogen-bond donors (Lipinski definition) is 2. The van der Waals surface area contributed by atoms with Crippen molar-refractivity contribution in [3.8, 4) is 0 Å². The van der Waals surface area contributed by atoms with E-state index in [4.69, 9.17) is 5.11 Å². The van der Waals surface area contributed by atoms with Gasteiger partial charge in [0.25, 0.3) is 0 Å². The molecule has 0 saturated carbocycles. The van der Waals surface area contributed by atoms with Crippen LogP contribution in [0.3, 0.4) is 0 Å². The highest BCUT2D eigenvalue weighted by Crippen LogP contribution is 2.16. The molecule has 0 aliphatic carbocycles. The molecule has 0 aromatic heterocycles. The summed E-state index contributed by atoms with van der Waals surface area (Å²) in [4.78, 5) is 10.9. The molecule has 3 nitrogen and oxygen atoms in total. The first-order chi connectivity index (χ1) is 7.45. The van der Waals surface area contributed by atoms with Crippen molar-refractivity contribution in [2.45, 2.75) is 39.2 Å². The highest BCUT2D eigenvalue weighted by molar-refractivity contribution is 5.81. The number of nitrogens with one attached hydrogen (secondary N) is 1. The Labute approximate surface area is 96.5 Å². The maximum atomic E-state index is 10.9. The molecule has 0 aliphatic rings. The number of rotatable bonds is 5. The van der Waals surface area contributed by atoms with Crippen LogP contribution < -0.4 is 5.32 Å². The quantitative estimate of drug-likeness (QED) is 0.803. The fourth-order valence-corrected chi connectivity index (χ4v) is 1.46. The van der Waals surface area contributed by atoms with Crippen LogP contribution in [0.25, 0.3) is 0 Å². The minimum absolute atomic E-state index is 0.840. The Morgan fingerprint density at radius 3 is 2.31 bits per heavy atom. The van der Waals surface area contributed by atoms with Gasteiger partial charge in [-0.3, -0.25) is 0 Å². The molecule has 0 heterocycles. The smallest absolute Gasteiger partial charge is 0.328 e. The third kappa shape index (κ3) is 3.26. The van der Waals surface area contributed by atoms with Crippen molar-refractivity contribution in [1.29, 1.82) is 0 Å². The molecule has 0 atom stereocenters. The zero-order valence-electron chi connectivity index (χ0n) is 10.1. The molecule has 0 amide bonds. The summed E-state index contributed by atoms with van der Waals surface area (Å²) < 4.78 is 0. The first kappa shape index (κ1) is 12.6. The number of carboxylic acids is 1. The lowest BCUT2D eigenvalue weighted by molar-refractivity contribution is -0.141. The molecule has 1 rings (SSSR count). The van der Waals surface area contributed by atoms with Crippen LogP contribution in [0.15, 0.2) is 24.3 Å². The Morgan fingerprint density at radius 1 is 1.31 bits per heavy atom. The van der Waals surface area contributed by atoms with E-state index >= 15 is 0 Å². The van der Waals surface area contributed by atoms with Gasteiger partial charge in [-0.25, -0.2) is 4.79 Å². The molecule has 0 saturated heterocycles. The van der Waals surface area contributed by atoms with Gasteiger partial charge in [-0.1, -0.05) is 25.5 Å². The Balaban J connectivity index is 2.72. The third-order valence-electron chi connectivity index (χ3n) is 2.48. The first-order valence-electron chi connectivity index (χ1n) is 5.56. The molecule has 0 unspecified atom stereocenters. The number of benzene rings is 1. The van der Waals surface area contributed by atoms with Crippen LogP contribution in [0, 0.1) is 0 Å². The monoisotopic (exact) mass is 221 g/mol. The molecule has 16 heavy (non-hydrogen) atoms. The third-order valence-corrected chi connectivity index (χ3v) is 2.48. The van der Waals surface area contributed by atoms with Gasteiger partial charge < -0.3 is 10.4 Å². The van der Waals surface area contributed by atoms with E-state index in [0.29, 0.717) is 0 Å². The van der Waals surface area contributed by atoms with Gasteiger partial charge in [0, 0.05) is 5.69 Å². The van der Waals surface area contributed by atoms with E-state index in [-0.39, 0.29) is 0 Å². The summed E-state index contributed by atoms with van der Waals surface area (Å²) in [6.07, 6.45) is 2.18. The van der Waals surface area contributed by atoms with Gasteiger partial charge in [0.05, 0.1) is 0 Å². The average Bonchev–Trinajstić information content (AvgIpc) is 2.21. The SMILES string of the molecule is CCCc1ccc(NC(C)(C)C(=O)O)cc1. The maximum Gasteiger partial charge on any atom is 0.328 e. The second kappa shape index (κ2) is 5.01. The predicted molar refractivity (Wildman–Crippen MR) is 65.8 cm³/mol. The Morgan fingerprint density at radius 2 is 1.88 bits per heavy atom. The van der Waals surface area contributed by atoms with Crippen molar-refractivity contribution in [3.05, 3.63) is 29.8 Å². The highest BCUT2D eigenvalue weighted by atomic mass is 16.4. The molecule has 0 radical (unpaired) electrons. The summed E-state index contributed by atoms with van der Waals surface area (Å²) in [5, 5.41) is 12.0. The fourth-order valence-electron chi connectivity index (χ4n) is 1.46. The van der Waals surface area contributed by atoms with Crippen molar-refractivity contribution in [1.82, 2.24) is 0 Å². The first-order valence-corrected chi connectivity index (χ1v) is 5.56. The number of anilines is 1. The number of hydrogen-bond acceptors (Lipinski definition) is 2.